The van der Waals surface area contributed by atoms with Crippen molar-refractivity contribution >= 4 is 12.1 Å². The van der Waals surface area contributed by atoms with Gasteiger partial charge in [-0.25, -0.2) is 4.79 Å². The Morgan fingerprint density at radius 1 is 1.44 bits per heavy atom. The second-order valence-electron chi connectivity index (χ2n) is 5.49. The maximum Gasteiger partial charge on any atom is 0.415 e. The third kappa shape index (κ3) is 1.67. The van der Waals surface area contributed by atoms with Crippen LogP contribution in [0.3, 0.4) is 0 Å². The summed E-state index contributed by atoms with van der Waals surface area (Å²) in [6.45, 7) is 1.95. The highest BCUT2D eigenvalue weighted by Gasteiger charge is 2.53. The molecule has 4 heteroatoms. The van der Waals surface area contributed by atoms with Crippen LogP contribution in [-0.4, -0.2) is 18.1 Å². The van der Waals surface area contributed by atoms with E-state index in [1.54, 1.807) is 0 Å². The molecule has 0 spiro atoms. The van der Waals surface area contributed by atoms with Gasteiger partial charge in [0.2, 0.25) is 0 Å². The summed E-state index contributed by atoms with van der Waals surface area (Å²) in [5, 5.41) is 2.75. The summed E-state index contributed by atoms with van der Waals surface area (Å²) < 4.78 is 4.82. The van der Waals surface area contributed by atoms with Crippen LogP contribution in [0.4, 0.5) is 4.79 Å². The molecule has 0 bridgehead atoms. The predicted molar refractivity (Wildman–Crippen MR) is 65.7 cm³/mol. The number of rotatable bonds is 3. The molecule has 3 rings (SSSR count). The van der Waals surface area contributed by atoms with E-state index in [0.29, 0.717) is 0 Å². The van der Waals surface area contributed by atoms with Crippen molar-refractivity contribution in [2.75, 3.05) is 0 Å². The molecule has 1 amide bonds. The Morgan fingerprint density at radius 2 is 2.22 bits per heavy atom. The zero-order chi connectivity index (χ0) is 12.8. The number of fused-ring (bicyclic) bond motifs is 1. The maximum absolute atomic E-state index is 12.2. The minimum Gasteiger partial charge on any atom is -0.376 e. The second kappa shape index (κ2) is 3.97. The normalized spacial score (nSPS) is 34.5. The number of hydrogen-bond donors (Lipinski definition) is 1. The maximum atomic E-state index is 12.2. The predicted octanol–water partition coefficient (Wildman–Crippen LogP) is 2.31. The minimum absolute atomic E-state index is 0.255. The first-order chi connectivity index (χ1) is 8.63. The van der Waals surface area contributed by atoms with Crippen molar-refractivity contribution in [3.05, 3.63) is 23.8 Å². The first-order valence-corrected chi connectivity index (χ1v) is 6.51. The van der Waals surface area contributed by atoms with Crippen molar-refractivity contribution in [1.82, 2.24) is 5.32 Å². The summed E-state index contributed by atoms with van der Waals surface area (Å²) in [5.74, 6) is 0.360. The van der Waals surface area contributed by atoms with Gasteiger partial charge in [-0.3, -0.25) is 4.79 Å². The highest BCUT2D eigenvalue weighted by Crippen LogP contribution is 2.46. The standard InChI is InChI=1S/C14H17NO3/c1-9-3-2-4-11-14(9,8-7-10-5-6-10)12(16)18-13(17)15-11/h2-4,10-11H,5-8H2,1H3,(H,15,17). The zero-order valence-corrected chi connectivity index (χ0v) is 10.4. The van der Waals surface area contributed by atoms with Gasteiger partial charge < -0.3 is 10.1 Å². The number of nitrogens with one attached hydrogen (secondary N) is 1. The third-order valence-electron chi connectivity index (χ3n) is 4.35. The molecule has 1 aliphatic heterocycles. The van der Waals surface area contributed by atoms with E-state index in [-0.39, 0.29) is 6.04 Å². The van der Waals surface area contributed by atoms with E-state index in [9.17, 15) is 9.59 Å². The summed E-state index contributed by atoms with van der Waals surface area (Å²) in [5.41, 5.74) is 0.311. The molecular weight excluding hydrogens is 230 g/mol. The number of cyclic esters (lactones) is 2. The second-order valence-corrected chi connectivity index (χ2v) is 5.49. The van der Waals surface area contributed by atoms with E-state index in [0.717, 1.165) is 24.3 Å². The van der Waals surface area contributed by atoms with E-state index < -0.39 is 17.5 Å². The number of hydrogen-bond acceptors (Lipinski definition) is 3. The van der Waals surface area contributed by atoms with Crippen molar-refractivity contribution < 1.29 is 14.3 Å². The Labute approximate surface area is 106 Å². The smallest absolute Gasteiger partial charge is 0.376 e. The van der Waals surface area contributed by atoms with Gasteiger partial charge >= 0.3 is 12.1 Å². The van der Waals surface area contributed by atoms with Crippen molar-refractivity contribution in [1.29, 1.82) is 0 Å². The summed E-state index contributed by atoms with van der Waals surface area (Å²) in [6, 6.07) is -0.255. The van der Waals surface area contributed by atoms with Crippen molar-refractivity contribution in [2.24, 2.45) is 11.3 Å². The molecule has 4 nitrogen and oxygen atoms in total. The van der Waals surface area contributed by atoms with E-state index in [4.69, 9.17) is 4.74 Å². The van der Waals surface area contributed by atoms with Crippen LogP contribution in [0, 0.1) is 11.3 Å². The molecule has 0 aromatic heterocycles. The molecule has 1 N–H and O–H groups in total. The first-order valence-electron chi connectivity index (χ1n) is 6.51. The van der Waals surface area contributed by atoms with Gasteiger partial charge in [0.05, 0.1) is 6.04 Å². The fourth-order valence-electron chi connectivity index (χ4n) is 2.95. The van der Waals surface area contributed by atoms with Crippen LogP contribution in [0.25, 0.3) is 0 Å². The van der Waals surface area contributed by atoms with Crippen molar-refractivity contribution in [3.8, 4) is 0 Å². The van der Waals surface area contributed by atoms with Crippen molar-refractivity contribution in [2.45, 2.75) is 38.6 Å². The number of carbonyl (C=O) groups excluding carboxylic acids is 2. The summed E-state index contributed by atoms with van der Waals surface area (Å²) in [6.07, 6.45) is 9.41. The molecule has 0 aromatic rings. The SMILES string of the molecule is CC1=CC=CC2NC(=O)OC(=O)C12CCC1CC1. The van der Waals surface area contributed by atoms with Crippen molar-refractivity contribution in [3.63, 3.8) is 0 Å². The molecule has 18 heavy (non-hydrogen) atoms. The van der Waals surface area contributed by atoms with E-state index >= 15 is 0 Å². The lowest BCUT2D eigenvalue weighted by atomic mass is 9.68. The molecular formula is C14H17NO3. The Balaban J connectivity index is 1.91. The fourth-order valence-corrected chi connectivity index (χ4v) is 2.95. The molecule has 2 atom stereocenters. The molecule has 0 radical (unpaired) electrons. The number of alkyl carbamates (subject to hydrolysis) is 1. The third-order valence-corrected chi connectivity index (χ3v) is 4.35. The van der Waals surface area contributed by atoms with Gasteiger partial charge in [-0.2, -0.15) is 0 Å². The number of esters is 1. The number of ether oxygens (including phenoxy) is 1. The topological polar surface area (TPSA) is 55.4 Å². The first kappa shape index (κ1) is 11.5. The highest BCUT2D eigenvalue weighted by molar-refractivity contribution is 5.94. The van der Waals surface area contributed by atoms with E-state index in [1.807, 2.05) is 25.2 Å². The molecule has 1 saturated carbocycles. The number of allylic oxidation sites excluding steroid dienone is 2. The van der Waals surface area contributed by atoms with Crippen LogP contribution < -0.4 is 5.32 Å². The molecule has 1 heterocycles. The molecule has 2 aliphatic carbocycles. The van der Waals surface area contributed by atoms with Crippen LogP contribution in [0.5, 0.6) is 0 Å². The van der Waals surface area contributed by atoms with E-state index in [2.05, 4.69) is 5.32 Å². The Hall–Kier alpha value is -1.58. The van der Waals surface area contributed by atoms with Gasteiger partial charge in [0, 0.05) is 0 Å². The lowest BCUT2D eigenvalue weighted by Gasteiger charge is -2.42. The molecule has 3 aliphatic rings. The number of amides is 1. The fraction of sp³-hybridized carbons (Fsp3) is 0.571. The zero-order valence-electron chi connectivity index (χ0n) is 10.4. The van der Waals surface area contributed by atoms with Gasteiger partial charge in [0.15, 0.2) is 0 Å². The molecule has 0 aromatic carbocycles. The van der Waals surface area contributed by atoms with Gasteiger partial charge in [-0.05, 0) is 25.7 Å². The lowest BCUT2D eigenvalue weighted by molar-refractivity contribution is -0.151. The lowest BCUT2D eigenvalue weighted by Crippen LogP contribution is -2.59. The molecule has 1 saturated heterocycles. The average Bonchev–Trinajstić information content (AvgIpc) is 3.11. The molecule has 2 unspecified atom stereocenters. The summed E-state index contributed by atoms with van der Waals surface area (Å²) >= 11 is 0. The van der Waals surface area contributed by atoms with Crippen LogP contribution >= 0.6 is 0 Å². The van der Waals surface area contributed by atoms with Crippen LogP contribution in [-0.2, 0) is 9.53 Å². The van der Waals surface area contributed by atoms with Gasteiger partial charge in [-0.15, -0.1) is 0 Å². The van der Waals surface area contributed by atoms with Crippen LogP contribution in [0.15, 0.2) is 23.8 Å². The summed E-state index contributed by atoms with van der Waals surface area (Å²) in [4.78, 5) is 23.6. The Kier molecular flexibility index (Phi) is 2.54. The average molecular weight is 247 g/mol. The highest BCUT2D eigenvalue weighted by atomic mass is 16.6. The molecule has 96 valence electrons. The minimum atomic E-state index is -0.675. The van der Waals surface area contributed by atoms with Gasteiger partial charge in [0.1, 0.15) is 5.41 Å². The Morgan fingerprint density at radius 3 is 2.94 bits per heavy atom. The summed E-state index contributed by atoms with van der Waals surface area (Å²) in [7, 11) is 0. The quantitative estimate of drug-likeness (QED) is 0.615. The van der Waals surface area contributed by atoms with Crippen LogP contribution in [0.2, 0.25) is 0 Å². The van der Waals surface area contributed by atoms with Crippen LogP contribution in [0.1, 0.15) is 32.6 Å². The largest absolute Gasteiger partial charge is 0.415 e. The number of carbonyl (C=O) groups is 2. The van der Waals surface area contributed by atoms with Gasteiger partial charge in [0.25, 0.3) is 0 Å². The Bertz CT molecular complexity index is 462. The molecule has 2 fully saturated rings. The van der Waals surface area contributed by atoms with Gasteiger partial charge in [-0.1, -0.05) is 36.6 Å². The monoisotopic (exact) mass is 247 g/mol. The van der Waals surface area contributed by atoms with E-state index in [1.165, 1.54) is 12.8 Å².